The normalized spacial score (nSPS) is 12.3. The molecule has 1 rings (SSSR count). The summed E-state index contributed by atoms with van der Waals surface area (Å²) in [7, 11) is 0. The second-order valence-electron chi connectivity index (χ2n) is 4.79. The van der Waals surface area contributed by atoms with Gasteiger partial charge in [0.25, 0.3) is 0 Å². The van der Waals surface area contributed by atoms with Crippen LogP contribution in [0.4, 0.5) is 0 Å². The van der Waals surface area contributed by atoms with Gasteiger partial charge in [0.2, 0.25) is 0 Å². The van der Waals surface area contributed by atoms with Crippen molar-refractivity contribution in [1.82, 2.24) is 9.88 Å². The van der Waals surface area contributed by atoms with Crippen molar-refractivity contribution in [2.75, 3.05) is 13.1 Å². The molecule has 0 bridgehead atoms. The van der Waals surface area contributed by atoms with Gasteiger partial charge in [-0.3, -0.25) is 19.5 Å². The molecule has 1 atom stereocenters. The lowest BCUT2D eigenvalue weighted by atomic mass is 10.1. The Labute approximate surface area is 118 Å². The summed E-state index contributed by atoms with van der Waals surface area (Å²) in [4.78, 5) is 27.6. The third-order valence-corrected chi connectivity index (χ3v) is 2.93. The molecular weight excluding hydrogens is 260 g/mol. The highest BCUT2D eigenvalue weighted by Crippen LogP contribution is 2.07. The zero-order valence-corrected chi connectivity index (χ0v) is 11.5. The van der Waals surface area contributed by atoms with Gasteiger partial charge in [-0.2, -0.15) is 0 Å². The van der Waals surface area contributed by atoms with Crippen molar-refractivity contribution in [2.45, 2.75) is 26.3 Å². The first-order valence-corrected chi connectivity index (χ1v) is 6.56. The maximum atomic E-state index is 10.9. The third-order valence-electron chi connectivity index (χ3n) is 2.93. The highest BCUT2D eigenvalue weighted by molar-refractivity contribution is 5.69. The van der Waals surface area contributed by atoms with E-state index in [0.717, 1.165) is 5.69 Å². The molecule has 6 heteroatoms. The second-order valence-corrected chi connectivity index (χ2v) is 4.79. The lowest BCUT2D eigenvalue weighted by Crippen LogP contribution is -2.32. The Balaban J connectivity index is 2.58. The van der Waals surface area contributed by atoms with Gasteiger partial charge < -0.3 is 10.2 Å². The Morgan fingerprint density at radius 2 is 2.10 bits per heavy atom. The number of nitrogens with zero attached hydrogens (tertiary/aromatic N) is 2. The smallest absolute Gasteiger partial charge is 0.307 e. The third kappa shape index (κ3) is 6.29. The van der Waals surface area contributed by atoms with Crippen molar-refractivity contribution in [1.29, 1.82) is 0 Å². The lowest BCUT2D eigenvalue weighted by molar-refractivity contribution is -0.142. The molecule has 0 radical (unpaired) electrons. The van der Waals surface area contributed by atoms with Crippen LogP contribution in [0.25, 0.3) is 0 Å². The van der Waals surface area contributed by atoms with Crippen molar-refractivity contribution < 1.29 is 19.8 Å². The largest absolute Gasteiger partial charge is 0.481 e. The van der Waals surface area contributed by atoms with E-state index in [2.05, 4.69) is 4.98 Å². The van der Waals surface area contributed by atoms with E-state index in [1.807, 2.05) is 23.1 Å². The van der Waals surface area contributed by atoms with E-state index >= 15 is 0 Å². The molecule has 110 valence electrons. The molecule has 0 spiro atoms. The predicted octanol–water partition coefficient (Wildman–Crippen LogP) is 1.47. The molecule has 20 heavy (non-hydrogen) atoms. The van der Waals surface area contributed by atoms with Crippen molar-refractivity contribution in [2.24, 2.45) is 5.92 Å². The summed E-state index contributed by atoms with van der Waals surface area (Å²) in [5, 5.41) is 17.6. The van der Waals surface area contributed by atoms with Gasteiger partial charge in [0.05, 0.1) is 11.6 Å². The molecule has 0 aliphatic rings. The quantitative estimate of drug-likeness (QED) is 0.712. The number of carbonyl (C=O) groups is 2. The first-order valence-electron chi connectivity index (χ1n) is 6.56. The van der Waals surface area contributed by atoms with Crippen LogP contribution in [0.2, 0.25) is 0 Å². The fraction of sp³-hybridized carbons (Fsp3) is 0.500. The molecule has 0 aromatic carbocycles. The summed E-state index contributed by atoms with van der Waals surface area (Å²) in [5.74, 6) is -2.19. The number of hydrogen-bond donors (Lipinski definition) is 2. The van der Waals surface area contributed by atoms with Crippen LogP contribution < -0.4 is 0 Å². The summed E-state index contributed by atoms with van der Waals surface area (Å²) in [6.07, 6.45) is 2.26. The molecule has 1 heterocycles. The predicted molar refractivity (Wildman–Crippen MR) is 73.2 cm³/mol. The van der Waals surface area contributed by atoms with Crippen molar-refractivity contribution in [3.63, 3.8) is 0 Å². The van der Waals surface area contributed by atoms with Gasteiger partial charge in [0.1, 0.15) is 0 Å². The summed E-state index contributed by atoms with van der Waals surface area (Å²) in [6, 6.07) is 5.56. The summed E-state index contributed by atoms with van der Waals surface area (Å²) in [5.41, 5.74) is 0.848. The first kappa shape index (κ1) is 16.1. The second kappa shape index (κ2) is 8.27. The molecule has 2 N–H and O–H groups in total. The van der Waals surface area contributed by atoms with E-state index in [9.17, 15) is 9.59 Å². The Bertz CT molecular complexity index is 436. The maximum Gasteiger partial charge on any atom is 0.307 e. The Morgan fingerprint density at radius 1 is 1.35 bits per heavy atom. The van der Waals surface area contributed by atoms with Crippen molar-refractivity contribution in [3.8, 4) is 0 Å². The molecule has 1 unspecified atom stereocenters. The average molecular weight is 280 g/mol. The molecule has 6 nitrogen and oxygen atoms in total. The minimum atomic E-state index is -0.853. The van der Waals surface area contributed by atoms with Crippen LogP contribution in [-0.2, 0) is 16.1 Å². The van der Waals surface area contributed by atoms with Crippen molar-refractivity contribution >= 4 is 11.9 Å². The van der Waals surface area contributed by atoms with Gasteiger partial charge in [0.15, 0.2) is 0 Å². The Morgan fingerprint density at radius 3 is 2.65 bits per heavy atom. The number of rotatable bonds is 9. The number of carboxylic acid groups (broad SMARTS) is 2. The number of hydrogen-bond acceptors (Lipinski definition) is 4. The molecule has 0 saturated carbocycles. The van der Waals surface area contributed by atoms with Gasteiger partial charge >= 0.3 is 11.9 Å². The standard InChI is InChI=1S/C14H20N2O4/c1-11(14(19)20)9-16(8-4-6-13(17)18)10-12-5-2-3-7-15-12/h2-3,5,7,11H,4,6,8-10H2,1H3,(H,17,18)(H,19,20). The summed E-state index contributed by atoms with van der Waals surface area (Å²) >= 11 is 0. The minimum absolute atomic E-state index is 0.0835. The zero-order chi connectivity index (χ0) is 15.0. The SMILES string of the molecule is CC(CN(CCCC(=O)O)Cc1ccccn1)C(=O)O. The number of pyridine rings is 1. The van der Waals surface area contributed by atoms with Crippen LogP contribution in [0.15, 0.2) is 24.4 Å². The Kier molecular flexibility index (Phi) is 6.66. The number of aliphatic carboxylic acids is 2. The number of carboxylic acids is 2. The van der Waals surface area contributed by atoms with Crippen LogP contribution in [0, 0.1) is 5.92 Å². The molecular formula is C14H20N2O4. The first-order chi connectivity index (χ1) is 9.49. The molecule has 0 aliphatic heterocycles. The molecule has 0 aliphatic carbocycles. The molecule has 0 saturated heterocycles. The molecule has 0 amide bonds. The molecule has 1 aromatic rings. The average Bonchev–Trinajstić information content (AvgIpc) is 2.39. The fourth-order valence-electron chi connectivity index (χ4n) is 1.87. The zero-order valence-electron chi connectivity index (χ0n) is 11.5. The van der Waals surface area contributed by atoms with Gasteiger partial charge in [0, 0.05) is 25.7 Å². The van der Waals surface area contributed by atoms with Crippen LogP contribution >= 0.6 is 0 Å². The Hall–Kier alpha value is -1.95. The van der Waals surface area contributed by atoms with Crippen LogP contribution in [-0.4, -0.2) is 45.1 Å². The van der Waals surface area contributed by atoms with Crippen LogP contribution in [0.5, 0.6) is 0 Å². The van der Waals surface area contributed by atoms with Crippen molar-refractivity contribution in [3.05, 3.63) is 30.1 Å². The van der Waals surface area contributed by atoms with Crippen LogP contribution in [0.3, 0.4) is 0 Å². The molecule has 1 aromatic heterocycles. The van der Waals surface area contributed by atoms with Gasteiger partial charge in [-0.1, -0.05) is 13.0 Å². The maximum absolute atomic E-state index is 10.9. The van der Waals surface area contributed by atoms with E-state index in [1.165, 1.54) is 0 Å². The topological polar surface area (TPSA) is 90.7 Å². The lowest BCUT2D eigenvalue weighted by Gasteiger charge is -2.23. The number of aromatic nitrogens is 1. The van der Waals surface area contributed by atoms with E-state index in [0.29, 0.717) is 26.1 Å². The fourth-order valence-corrected chi connectivity index (χ4v) is 1.87. The molecule has 0 fully saturated rings. The highest BCUT2D eigenvalue weighted by Gasteiger charge is 2.16. The van der Waals surface area contributed by atoms with Gasteiger partial charge in [-0.05, 0) is 25.1 Å². The van der Waals surface area contributed by atoms with E-state index in [1.54, 1.807) is 13.1 Å². The summed E-state index contributed by atoms with van der Waals surface area (Å²) in [6.45, 7) is 3.09. The van der Waals surface area contributed by atoms with E-state index in [4.69, 9.17) is 10.2 Å². The van der Waals surface area contributed by atoms with Gasteiger partial charge in [-0.25, -0.2) is 0 Å². The monoisotopic (exact) mass is 280 g/mol. The highest BCUT2D eigenvalue weighted by atomic mass is 16.4. The van der Waals surface area contributed by atoms with E-state index < -0.39 is 17.9 Å². The van der Waals surface area contributed by atoms with E-state index in [-0.39, 0.29) is 6.42 Å². The summed E-state index contributed by atoms with van der Waals surface area (Å²) < 4.78 is 0. The van der Waals surface area contributed by atoms with Crippen LogP contribution in [0.1, 0.15) is 25.5 Å². The van der Waals surface area contributed by atoms with Gasteiger partial charge in [-0.15, -0.1) is 0 Å². The minimum Gasteiger partial charge on any atom is -0.481 e.